The highest BCUT2D eigenvalue weighted by Gasteiger charge is 2.26. The lowest BCUT2D eigenvalue weighted by Gasteiger charge is -2.10. The Morgan fingerprint density at radius 2 is 2.10 bits per heavy atom. The lowest BCUT2D eigenvalue weighted by Crippen LogP contribution is -2.00. The van der Waals surface area contributed by atoms with Gasteiger partial charge in [0.2, 0.25) is 0 Å². The van der Waals surface area contributed by atoms with Crippen molar-refractivity contribution in [2.75, 3.05) is 19.5 Å². The van der Waals surface area contributed by atoms with Crippen LogP contribution in [0.5, 0.6) is 5.75 Å². The molecule has 0 spiro atoms. The Hall–Kier alpha value is -2.01. The average Bonchev–Trinajstić information content (AvgIpc) is 3.09. The van der Waals surface area contributed by atoms with E-state index in [1.807, 2.05) is 31.3 Å². The molecule has 20 heavy (non-hydrogen) atoms. The maximum absolute atomic E-state index is 6.19. The lowest BCUT2D eigenvalue weighted by atomic mass is 10.0. The van der Waals surface area contributed by atoms with Crippen LogP contribution in [0.15, 0.2) is 24.3 Å². The standard InChI is InChI=1S/C15H19N3O2/c1-18-15(16)13(10-5-7-11(19-2)8-6-10)14(17-18)12-4-3-9-20-12/h5-8,12H,3-4,9,16H2,1-2H3. The van der Waals surface area contributed by atoms with Gasteiger partial charge < -0.3 is 15.2 Å². The third kappa shape index (κ3) is 2.14. The van der Waals surface area contributed by atoms with E-state index in [0.717, 1.165) is 42.0 Å². The summed E-state index contributed by atoms with van der Waals surface area (Å²) in [4.78, 5) is 0. The summed E-state index contributed by atoms with van der Waals surface area (Å²) in [6.07, 6.45) is 2.12. The first-order valence-electron chi connectivity index (χ1n) is 6.79. The monoisotopic (exact) mass is 273 g/mol. The Labute approximate surface area is 118 Å². The van der Waals surface area contributed by atoms with Gasteiger partial charge in [0.1, 0.15) is 23.4 Å². The van der Waals surface area contributed by atoms with E-state index in [1.165, 1.54) is 0 Å². The van der Waals surface area contributed by atoms with Gasteiger partial charge >= 0.3 is 0 Å². The highest BCUT2D eigenvalue weighted by Crippen LogP contribution is 2.38. The van der Waals surface area contributed by atoms with Crippen LogP contribution in [0, 0.1) is 0 Å². The number of nitrogens with zero attached hydrogens (tertiary/aromatic N) is 2. The number of methoxy groups -OCH3 is 1. The topological polar surface area (TPSA) is 62.3 Å². The van der Waals surface area contributed by atoms with Crippen LogP contribution in [-0.4, -0.2) is 23.5 Å². The number of nitrogens with two attached hydrogens (primary N) is 1. The van der Waals surface area contributed by atoms with Crippen LogP contribution < -0.4 is 10.5 Å². The maximum atomic E-state index is 6.19. The van der Waals surface area contributed by atoms with Gasteiger partial charge in [-0.25, -0.2) is 0 Å². The minimum absolute atomic E-state index is 0.0515. The van der Waals surface area contributed by atoms with Crippen molar-refractivity contribution < 1.29 is 9.47 Å². The van der Waals surface area contributed by atoms with Crippen LogP contribution in [0.1, 0.15) is 24.6 Å². The molecule has 5 heteroatoms. The molecule has 2 heterocycles. The van der Waals surface area contributed by atoms with Crippen molar-refractivity contribution in [2.45, 2.75) is 18.9 Å². The summed E-state index contributed by atoms with van der Waals surface area (Å²) in [5, 5.41) is 4.55. The first kappa shape index (κ1) is 13.0. The van der Waals surface area contributed by atoms with Gasteiger partial charge in [0, 0.05) is 19.2 Å². The molecule has 1 aromatic carbocycles. The zero-order chi connectivity index (χ0) is 14.1. The molecule has 1 aliphatic heterocycles. The fourth-order valence-electron chi connectivity index (χ4n) is 2.63. The number of hydrogen-bond donors (Lipinski definition) is 1. The Balaban J connectivity index is 2.06. The zero-order valence-corrected chi connectivity index (χ0v) is 11.8. The predicted octanol–water partition coefficient (Wildman–Crippen LogP) is 2.53. The second-order valence-electron chi connectivity index (χ2n) is 5.00. The second kappa shape index (κ2) is 5.17. The molecule has 1 unspecified atom stereocenters. The SMILES string of the molecule is COc1ccc(-c2c(C3CCCO3)nn(C)c2N)cc1. The Morgan fingerprint density at radius 1 is 1.35 bits per heavy atom. The smallest absolute Gasteiger partial charge is 0.129 e. The van der Waals surface area contributed by atoms with Gasteiger partial charge in [-0.2, -0.15) is 5.10 Å². The first-order valence-corrected chi connectivity index (χ1v) is 6.79. The van der Waals surface area contributed by atoms with Crippen LogP contribution in [0.4, 0.5) is 5.82 Å². The molecule has 3 rings (SSSR count). The van der Waals surface area contributed by atoms with E-state index < -0.39 is 0 Å². The largest absolute Gasteiger partial charge is 0.497 e. The Kier molecular flexibility index (Phi) is 3.36. The molecule has 0 aliphatic carbocycles. The summed E-state index contributed by atoms with van der Waals surface area (Å²) in [5.41, 5.74) is 9.14. The molecule has 2 aromatic rings. The van der Waals surface area contributed by atoms with Gasteiger partial charge in [-0.3, -0.25) is 4.68 Å². The number of rotatable bonds is 3. The van der Waals surface area contributed by atoms with E-state index in [0.29, 0.717) is 5.82 Å². The molecule has 0 bridgehead atoms. The number of aryl methyl sites for hydroxylation is 1. The molecular weight excluding hydrogens is 254 g/mol. The van der Waals surface area contributed by atoms with Crippen molar-refractivity contribution >= 4 is 5.82 Å². The van der Waals surface area contributed by atoms with Crippen LogP contribution in [0.3, 0.4) is 0 Å². The van der Waals surface area contributed by atoms with Gasteiger partial charge in [-0.05, 0) is 30.5 Å². The van der Waals surface area contributed by atoms with E-state index in [4.69, 9.17) is 15.2 Å². The number of aromatic nitrogens is 2. The van der Waals surface area contributed by atoms with E-state index in [9.17, 15) is 0 Å². The first-order chi connectivity index (χ1) is 9.70. The summed E-state index contributed by atoms with van der Waals surface area (Å²) in [6.45, 7) is 0.795. The lowest BCUT2D eigenvalue weighted by molar-refractivity contribution is 0.108. The van der Waals surface area contributed by atoms with E-state index in [2.05, 4.69) is 5.10 Å². The van der Waals surface area contributed by atoms with E-state index in [-0.39, 0.29) is 6.10 Å². The molecule has 1 aliphatic rings. The van der Waals surface area contributed by atoms with Crippen molar-refractivity contribution in [3.8, 4) is 16.9 Å². The van der Waals surface area contributed by atoms with Gasteiger partial charge in [0.25, 0.3) is 0 Å². The zero-order valence-electron chi connectivity index (χ0n) is 11.8. The van der Waals surface area contributed by atoms with E-state index >= 15 is 0 Å². The summed E-state index contributed by atoms with van der Waals surface area (Å²) in [5.74, 6) is 1.50. The molecule has 0 radical (unpaired) electrons. The van der Waals surface area contributed by atoms with Crippen LogP contribution in [0.25, 0.3) is 11.1 Å². The quantitative estimate of drug-likeness (QED) is 0.933. The van der Waals surface area contributed by atoms with E-state index in [1.54, 1.807) is 11.8 Å². The van der Waals surface area contributed by atoms with Crippen molar-refractivity contribution in [3.63, 3.8) is 0 Å². The summed E-state index contributed by atoms with van der Waals surface area (Å²) in [7, 11) is 3.52. The normalized spacial score (nSPS) is 18.4. The third-order valence-corrected chi connectivity index (χ3v) is 3.73. The molecule has 5 nitrogen and oxygen atoms in total. The predicted molar refractivity (Wildman–Crippen MR) is 77.5 cm³/mol. The molecule has 0 amide bonds. The molecule has 1 atom stereocenters. The molecule has 1 fully saturated rings. The average molecular weight is 273 g/mol. The molecule has 1 saturated heterocycles. The molecule has 106 valence electrons. The maximum Gasteiger partial charge on any atom is 0.129 e. The fraction of sp³-hybridized carbons (Fsp3) is 0.400. The number of anilines is 1. The van der Waals surface area contributed by atoms with Gasteiger partial charge in [0.15, 0.2) is 0 Å². The highest BCUT2D eigenvalue weighted by molar-refractivity contribution is 5.77. The molecular formula is C15H19N3O2. The van der Waals surface area contributed by atoms with Crippen molar-refractivity contribution in [1.82, 2.24) is 9.78 Å². The molecule has 0 saturated carbocycles. The number of ether oxygens (including phenoxy) is 2. The minimum Gasteiger partial charge on any atom is -0.497 e. The van der Waals surface area contributed by atoms with Crippen molar-refractivity contribution in [2.24, 2.45) is 7.05 Å². The summed E-state index contributed by atoms with van der Waals surface area (Å²) in [6, 6.07) is 7.87. The summed E-state index contributed by atoms with van der Waals surface area (Å²) >= 11 is 0. The molecule has 2 N–H and O–H groups in total. The third-order valence-electron chi connectivity index (χ3n) is 3.73. The van der Waals surface area contributed by atoms with Crippen LogP contribution in [0.2, 0.25) is 0 Å². The Morgan fingerprint density at radius 3 is 2.70 bits per heavy atom. The molecule has 1 aromatic heterocycles. The van der Waals surface area contributed by atoms with Crippen LogP contribution >= 0.6 is 0 Å². The Bertz CT molecular complexity index is 598. The van der Waals surface area contributed by atoms with Crippen molar-refractivity contribution in [1.29, 1.82) is 0 Å². The van der Waals surface area contributed by atoms with Gasteiger partial charge in [0.05, 0.1) is 7.11 Å². The number of nitrogen functional groups attached to an aromatic ring is 1. The highest BCUT2D eigenvalue weighted by atomic mass is 16.5. The van der Waals surface area contributed by atoms with Crippen molar-refractivity contribution in [3.05, 3.63) is 30.0 Å². The number of hydrogen-bond acceptors (Lipinski definition) is 4. The minimum atomic E-state index is 0.0515. The van der Waals surface area contributed by atoms with Gasteiger partial charge in [-0.1, -0.05) is 12.1 Å². The fourth-order valence-corrected chi connectivity index (χ4v) is 2.63. The number of benzene rings is 1. The second-order valence-corrected chi connectivity index (χ2v) is 5.00. The van der Waals surface area contributed by atoms with Gasteiger partial charge in [-0.15, -0.1) is 0 Å². The summed E-state index contributed by atoms with van der Waals surface area (Å²) < 4.78 is 12.7. The van der Waals surface area contributed by atoms with Crippen LogP contribution in [-0.2, 0) is 11.8 Å².